The van der Waals surface area contributed by atoms with Crippen LogP contribution in [-0.2, 0) is 9.47 Å². The van der Waals surface area contributed by atoms with Crippen LogP contribution in [0.15, 0.2) is 30.0 Å². The number of aliphatic imine (C=N–C) groups is 1. The second-order valence-electron chi connectivity index (χ2n) is 2.63. The van der Waals surface area contributed by atoms with Crippen molar-refractivity contribution in [2.75, 3.05) is 26.9 Å². The number of hydrogen-bond donors (Lipinski definition) is 0. The average molecular weight is 208 g/mol. The molecule has 4 heteroatoms. The van der Waals surface area contributed by atoms with E-state index in [9.17, 15) is 0 Å². The summed E-state index contributed by atoms with van der Waals surface area (Å²) in [5.41, 5.74) is 0.362. The number of hydrogen-bond acceptors (Lipinski definition) is 4. The third-order valence-corrected chi connectivity index (χ3v) is 1.44. The molecule has 0 radical (unpaired) electrons. The van der Waals surface area contributed by atoms with Crippen LogP contribution in [0.4, 0.5) is 0 Å². The number of nitrogens with zero attached hydrogens (tertiary/aromatic N) is 2. The minimum Gasteiger partial charge on any atom is -0.504 e. The van der Waals surface area contributed by atoms with Crippen molar-refractivity contribution < 1.29 is 9.47 Å². The van der Waals surface area contributed by atoms with Crippen molar-refractivity contribution >= 4 is 5.71 Å². The molecule has 15 heavy (non-hydrogen) atoms. The van der Waals surface area contributed by atoms with E-state index in [0.717, 1.165) is 6.42 Å². The quantitative estimate of drug-likeness (QED) is 0.264. The molecule has 0 aromatic carbocycles. The van der Waals surface area contributed by atoms with Crippen molar-refractivity contribution in [3.63, 3.8) is 0 Å². The Labute approximate surface area is 90.5 Å². The van der Waals surface area contributed by atoms with E-state index in [4.69, 9.17) is 10.00 Å². The Kier molecular flexibility index (Phi) is 9.36. The normalized spacial score (nSPS) is 11.3. The number of methoxy groups -OCH3 is 1. The highest BCUT2D eigenvalue weighted by atomic mass is 16.5. The summed E-state index contributed by atoms with van der Waals surface area (Å²) in [6, 6.07) is 1.97. The Bertz CT molecular complexity index is 264. The Morgan fingerprint density at radius 3 is 3.00 bits per heavy atom. The predicted molar refractivity (Wildman–Crippen MR) is 59.7 cm³/mol. The summed E-state index contributed by atoms with van der Waals surface area (Å²) >= 11 is 0. The van der Waals surface area contributed by atoms with Crippen molar-refractivity contribution in [3.8, 4) is 6.07 Å². The first-order chi connectivity index (χ1) is 7.35. The van der Waals surface area contributed by atoms with Gasteiger partial charge in [-0.15, -0.1) is 6.58 Å². The van der Waals surface area contributed by atoms with Gasteiger partial charge in [-0.2, -0.15) is 5.26 Å². The van der Waals surface area contributed by atoms with E-state index < -0.39 is 0 Å². The summed E-state index contributed by atoms with van der Waals surface area (Å²) in [6.45, 7) is 5.29. The number of nitriles is 1. The van der Waals surface area contributed by atoms with Gasteiger partial charge < -0.3 is 9.47 Å². The fourth-order valence-electron chi connectivity index (χ4n) is 0.791. The molecule has 0 aliphatic heterocycles. The van der Waals surface area contributed by atoms with E-state index in [-0.39, 0.29) is 0 Å². The van der Waals surface area contributed by atoms with Gasteiger partial charge in [0.1, 0.15) is 11.8 Å². The highest BCUT2D eigenvalue weighted by Crippen LogP contribution is 1.88. The number of ether oxygens (including phenoxy) is 2. The first kappa shape index (κ1) is 13.4. The molecule has 0 saturated heterocycles. The predicted octanol–water partition coefficient (Wildman–Crippen LogP) is 1.70. The monoisotopic (exact) mass is 208 g/mol. The molecule has 0 N–H and O–H groups in total. The van der Waals surface area contributed by atoms with Gasteiger partial charge in [0.2, 0.25) is 0 Å². The van der Waals surface area contributed by atoms with Crippen LogP contribution in [0.5, 0.6) is 0 Å². The Morgan fingerprint density at radius 2 is 2.40 bits per heavy atom. The maximum atomic E-state index is 8.66. The molecule has 0 aliphatic rings. The number of rotatable bonds is 8. The molecular weight excluding hydrogens is 192 g/mol. The van der Waals surface area contributed by atoms with E-state index in [1.165, 1.54) is 19.4 Å². The van der Waals surface area contributed by atoms with Gasteiger partial charge in [-0.25, -0.2) is 0 Å². The molecule has 0 fully saturated rings. The molecular formula is C11H16N2O2. The van der Waals surface area contributed by atoms with Gasteiger partial charge >= 0.3 is 0 Å². The molecule has 4 nitrogen and oxygen atoms in total. The third-order valence-electron chi connectivity index (χ3n) is 1.44. The zero-order valence-corrected chi connectivity index (χ0v) is 8.98. The smallest absolute Gasteiger partial charge is 0.138 e. The second kappa shape index (κ2) is 10.5. The third kappa shape index (κ3) is 8.72. The van der Waals surface area contributed by atoms with Crippen LogP contribution < -0.4 is 0 Å². The average Bonchev–Trinajstić information content (AvgIpc) is 2.27. The fourth-order valence-corrected chi connectivity index (χ4v) is 0.791. The Balaban J connectivity index is 3.68. The van der Waals surface area contributed by atoms with E-state index in [2.05, 4.69) is 16.3 Å². The molecule has 0 atom stereocenters. The van der Waals surface area contributed by atoms with Crippen molar-refractivity contribution in [1.82, 2.24) is 0 Å². The minimum atomic E-state index is 0.362. The molecule has 82 valence electrons. The lowest BCUT2D eigenvalue weighted by molar-refractivity contribution is 0.161. The lowest BCUT2D eigenvalue weighted by atomic mass is 10.4. The second-order valence-corrected chi connectivity index (χ2v) is 2.63. The van der Waals surface area contributed by atoms with E-state index in [0.29, 0.717) is 25.5 Å². The zero-order valence-electron chi connectivity index (χ0n) is 8.98. The topological polar surface area (TPSA) is 54.6 Å². The first-order valence-electron chi connectivity index (χ1n) is 4.67. The highest BCUT2D eigenvalue weighted by molar-refractivity contribution is 6.06. The molecule has 0 aromatic heterocycles. The van der Waals surface area contributed by atoms with Crippen LogP contribution in [0.2, 0.25) is 0 Å². The lowest BCUT2D eigenvalue weighted by Crippen LogP contribution is -1.98. The van der Waals surface area contributed by atoms with Gasteiger partial charge in [0, 0.05) is 19.2 Å². The van der Waals surface area contributed by atoms with Crippen molar-refractivity contribution in [2.45, 2.75) is 6.42 Å². The number of allylic oxidation sites excluding steroid dienone is 1. The molecule has 0 aliphatic carbocycles. The van der Waals surface area contributed by atoms with Crippen LogP contribution in [0.1, 0.15) is 6.42 Å². The van der Waals surface area contributed by atoms with E-state index in [1.807, 2.05) is 6.07 Å². The SMILES string of the molecule is C=CCOCCCN=C(C#N)/C=C/OC. The summed E-state index contributed by atoms with van der Waals surface area (Å²) in [4.78, 5) is 4.06. The van der Waals surface area contributed by atoms with Crippen LogP contribution in [-0.4, -0.2) is 32.6 Å². The van der Waals surface area contributed by atoms with Gasteiger partial charge in [0.05, 0.1) is 20.0 Å². The lowest BCUT2D eigenvalue weighted by Gasteiger charge is -1.97. The summed E-state index contributed by atoms with van der Waals surface area (Å²) in [5, 5.41) is 8.66. The minimum absolute atomic E-state index is 0.362. The molecule has 0 bridgehead atoms. The van der Waals surface area contributed by atoms with Gasteiger partial charge in [0.25, 0.3) is 0 Å². The van der Waals surface area contributed by atoms with Gasteiger partial charge in [-0.3, -0.25) is 4.99 Å². The maximum Gasteiger partial charge on any atom is 0.138 e. The molecule has 0 spiro atoms. The zero-order chi connectivity index (χ0) is 11.4. The maximum absolute atomic E-state index is 8.66. The van der Waals surface area contributed by atoms with Crippen molar-refractivity contribution in [2.24, 2.45) is 4.99 Å². The summed E-state index contributed by atoms with van der Waals surface area (Å²) in [6.07, 6.45) is 5.45. The summed E-state index contributed by atoms with van der Waals surface area (Å²) in [7, 11) is 1.52. The van der Waals surface area contributed by atoms with Gasteiger partial charge in [0.15, 0.2) is 0 Å². The highest BCUT2D eigenvalue weighted by Gasteiger charge is 1.90. The van der Waals surface area contributed by atoms with Crippen LogP contribution in [0.3, 0.4) is 0 Å². The summed E-state index contributed by atoms with van der Waals surface area (Å²) in [5.74, 6) is 0. The Morgan fingerprint density at radius 1 is 1.60 bits per heavy atom. The van der Waals surface area contributed by atoms with E-state index in [1.54, 1.807) is 6.08 Å². The molecule has 0 heterocycles. The van der Waals surface area contributed by atoms with Crippen molar-refractivity contribution in [3.05, 3.63) is 25.0 Å². The van der Waals surface area contributed by atoms with E-state index >= 15 is 0 Å². The fraction of sp³-hybridized carbons (Fsp3) is 0.455. The van der Waals surface area contributed by atoms with Crippen LogP contribution in [0.25, 0.3) is 0 Å². The Hall–Kier alpha value is -1.60. The van der Waals surface area contributed by atoms with Crippen molar-refractivity contribution in [1.29, 1.82) is 5.26 Å². The van der Waals surface area contributed by atoms with Crippen LogP contribution in [0, 0.1) is 11.3 Å². The standard InChI is InChI=1S/C11H16N2O2/c1-3-7-15-8-4-6-13-11(10-12)5-9-14-2/h3,5,9H,1,4,6-8H2,2H3/b9-5+,13-11?. The molecule has 0 saturated carbocycles. The largest absolute Gasteiger partial charge is 0.504 e. The first-order valence-corrected chi connectivity index (χ1v) is 4.67. The molecule has 0 aromatic rings. The van der Waals surface area contributed by atoms with Crippen LogP contribution >= 0.6 is 0 Å². The molecule has 0 amide bonds. The van der Waals surface area contributed by atoms with Gasteiger partial charge in [-0.1, -0.05) is 6.08 Å². The molecule has 0 unspecified atom stereocenters. The van der Waals surface area contributed by atoms with Gasteiger partial charge in [-0.05, 0) is 6.42 Å². The molecule has 0 rings (SSSR count). The summed E-state index contributed by atoms with van der Waals surface area (Å²) < 4.78 is 9.85.